The zero-order chi connectivity index (χ0) is 17.4. The van der Waals surface area contributed by atoms with Crippen LogP contribution in [0.15, 0.2) is 52.1 Å². The van der Waals surface area contributed by atoms with Crippen LogP contribution in [0.5, 0.6) is 0 Å². The first-order chi connectivity index (χ1) is 12.1. The molecular formula is C17H16BrN5O2. The van der Waals surface area contributed by atoms with Crippen LogP contribution in [0.25, 0.3) is 5.52 Å². The molecule has 0 radical (unpaired) electrons. The molecule has 0 spiro atoms. The van der Waals surface area contributed by atoms with Gasteiger partial charge in [0.1, 0.15) is 18.4 Å². The number of carbonyl (C=O) groups is 1. The fourth-order valence-electron chi connectivity index (χ4n) is 3.33. The van der Waals surface area contributed by atoms with Crippen molar-refractivity contribution in [2.45, 2.75) is 25.4 Å². The van der Waals surface area contributed by atoms with Gasteiger partial charge in [-0.3, -0.25) is 9.59 Å². The van der Waals surface area contributed by atoms with E-state index in [1.165, 1.54) is 21.7 Å². The number of carbonyl (C=O) groups excluding carboxylic acids is 1. The smallest absolute Gasteiger partial charge is 0.293 e. The van der Waals surface area contributed by atoms with Crippen LogP contribution in [0.1, 0.15) is 24.4 Å². The minimum absolute atomic E-state index is 0.0411. The Bertz CT molecular complexity index is 996. The maximum Gasteiger partial charge on any atom is 0.293 e. The number of hydrogen-bond acceptors (Lipinski definition) is 4. The third-order valence-corrected chi connectivity index (χ3v) is 5.01. The maximum absolute atomic E-state index is 12.8. The van der Waals surface area contributed by atoms with Crippen molar-refractivity contribution in [2.24, 2.45) is 0 Å². The van der Waals surface area contributed by atoms with E-state index in [1.54, 1.807) is 6.07 Å². The summed E-state index contributed by atoms with van der Waals surface area (Å²) in [4.78, 5) is 27.0. The standard InChI is InChI=1S/C17H16BrN5O2/c18-13-4-1-3-12(9-13)14-5-2-8-21(14)16(24)10-22-17(25)15-6-7-19-23(15)11-20-22/h1,3-4,6-7,9,11,14H,2,5,8,10H2. The normalized spacial score (nSPS) is 17.3. The molecule has 8 heteroatoms. The summed E-state index contributed by atoms with van der Waals surface area (Å²) < 4.78 is 3.60. The lowest BCUT2D eigenvalue weighted by Crippen LogP contribution is -2.37. The quantitative estimate of drug-likeness (QED) is 0.672. The highest BCUT2D eigenvalue weighted by atomic mass is 79.9. The Kier molecular flexibility index (Phi) is 4.12. The highest BCUT2D eigenvalue weighted by Gasteiger charge is 2.30. The van der Waals surface area contributed by atoms with Crippen LogP contribution < -0.4 is 5.56 Å². The predicted octanol–water partition coefficient (Wildman–Crippen LogP) is 2.02. The molecule has 0 aliphatic carbocycles. The molecule has 1 aliphatic heterocycles. The molecule has 4 rings (SSSR count). The van der Waals surface area contributed by atoms with E-state index < -0.39 is 0 Å². The first-order valence-corrected chi connectivity index (χ1v) is 8.87. The summed E-state index contributed by atoms with van der Waals surface area (Å²) in [7, 11) is 0. The molecule has 0 bridgehead atoms. The molecule has 2 aromatic heterocycles. The van der Waals surface area contributed by atoms with E-state index in [-0.39, 0.29) is 24.1 Å². The third kappa shape index (κ3) is 2.97. The summed E-state index contributed by atoms with van der Waals surface area (Å²) in [5.41, 5.74) is 1.20. The summed E-state index contributed by atoms with van der Waals surface area (Å²) in [6.07, 6.45) is 4.85. The number of hydrogen-bond donors (Lipinski definition) is 0. The van der Waals surface area contributed by atoms with Crippen molar-refractivity contribution in [3.63, 3.8) is 0 Å². The third-order valence-electron chi connectivity index (χ3n) is 4.52. The molecule has 0 N–H and O–H groups in total. The molecule has 1 aliphatic rings. The summed E-state index contributed by atoms with van der Waals surface area (Å²) in [6, 6.07) is 9.67. The van der Waals surface area contributed by atoms with Gasteiger partial charge in [0.05, 0.1) is 12.2 Å². The van der Waals surface area contributed by atoms with Crippen molar-refractivity contribution in [2.75, 3.05) is 6.54 Å². The van der Waals surface area contributed by atoms with Gasteiger partial charge in [-0.2, -0.15) is 10.2 Å². The van der Waals surface area contributed by atoms with E-state index in [0.717, 1.165) is 22.9 Å². The summed E-state index contributed by atoms with van der Waals surface area (Å²) >= 11 is 3.48. The van der Waals surface area contributed by atoms with Crippen LogP contribution in [0.3, 0.4) is 0 Å². The molecule has 1 saturated heterocycles. The number of halogens is 1. The Morgan fingerprint density at radius 1 is 1.28 bits per heavy atom. The van der Waals surface area contributed by atoms with Gasteiger partial charge in [0, 0.05) is 11.0 Å². The average Bonchev–Trinajstić information content (AvgIpc) is 3.26. The molecule has 1 aromatic carbocycles. The molecule has 3 aromatic rings. The Hall–Kier alpha value is -2.48. The van der Waals surface area contributed by atoms with Crippen LogP contribution >= 0.6 is 15.9 Å². The summed E-state index contributed by atoms with van der Waals surface area (Å²) in [6.45, 7) is 0.630. The van der Waals surface area contributed by atoms with Gasteiger partial charge in [0.25, 0.3) is 5.56 Å². The van der Waals surface area contributed by atoms with E-state index in [2.05, 4.69) is 26.1 Å². The van der Waals surface area contributed by atoms with E-state index in [1.807, 2.05) is 29.2 Å². The summed E-state index contributed by atoms with van der Waals surface area (Å²) in [5.74, 6) is -0.0964. The number of fused-ring (bicyclic) bond motifs is 1. The minimum atomic E-state index is -0.313. The highest BCUT2D eigenvalue weighted by molar-refractivity contribution is 9.10. The van der Waals surface area contributed by atoms with Gasteiger partial charge in [-0.1, -0.05) is 28.1 Å². The topological polar surface area (TPSA) is 72.5 Å². The van der Waals surface area contributed by atoms with Crippen molar-refractivity contribution in [1.29, 1.82) is 0 Å². The first kappa shape index (κ1) is 16.0. The minimum Gasteiger partial charge on any atom is -0.334 e. The Labute approximate surface area is 152 Å². The van der Waals surface area contributed by atoms with Gasteiger partial charge in [-0.05, 0) is 36.6 Å². The zero-order valence-electron chi connectivity index (χ0n) is 13.4. The van der Waals surface area contributed by atoms with Gasteiger partial charge in [0.2, 0.25) is 5.91 Å². The largest absolute Gasteiger partial charge is 0.334 e. The van der Waals surface area contributed by atoms with Crippen molar-refractivity contribution in [1.82, 2.24) is 24.3 Å². The number of rotatable bonds is 3. The van der Waals surface area contributed by atoms with Crippen molar-refractivity contribution in [3.05, 3.63) is 63.2 Å². The molecule has 25 heavy (non-hydrogen) atoms. The van der Waals surface area contributed by atoms with Crippen LogP contribution in [-0.4, -0.2) is 36.7 Å². The second-order valence-electron chi connectivity index (χ2n) is 6.05. The van der Waals surface area contributed by atoms with Gasteiger partial charge < -0.3 is 4.90 Å². The number of benzene rings is 1. The second kappa shape index (κ2) is 6.44. The van der Waals surface area contributed by atoms with E-state index in [4.69, 9.17) is 0 Å². The summed E-state index contributed by atoms with van der Waals surface area (Å²) in [5, 5.41) is 8.03. The average molecular weight is 402 g/mol. The molecule has 1 unspecified atom stereocenters. The fourth-order valence-corrected chi connectivity index (χ4v) is 3.75. The number of aromatic nitrogens is 4. The van der Waals surface area contributed by atoms with Gasteiger partial charge in [-0.15, -0.1) is 0 Å². The van der Waals surface area contributed by atoms with Gasteiger partial charge in [-0.25, -0.2) is 9.20 Å². The van der Waals surface area contributed by atoms with Crippen LogP contribution in [0.4, 0.5) is 0 Å². The van der Waals surface area contributed by atoms with E-state index in [9.17, 15) is 9.59 Å². The monoisotopic (exact) mass is 401 g/mol. The lowest BCUT2D eigenvalue weighted by Gasteiger charge is -2.25. The number of likely N-dealkylation sites (tertiary alicyclic amines) is 1. The molecule has 1 amide bonds. The Morgan fingerprint density at radius 2 is 2.16 bits per heavy atom. The van der Waals surface area contributed by atoms with Gasteiger partial charge >= 0.3 is 0 Å². The zero-order valence-corrected chi connectivity index (χ0v) is 15.0. The molecule has 1 atom stereocenters. The molecule has 3 heterocycles. The van der Waals surface area contributed by atoms with Gasteiger partial charge in [0.15, 0.2) is 0 Å². The molecule has 7 nitrogen and oxygen atoms in total. The van der Waals surface area contributed by atoms with Crippen molar-refractivity contribution in [3.8, 4) is 0 Å². The SMILES string of the molecule is O=C(Cn1ncn2nccc2c1=O)N1CCCC1c1cccc(Br)c1. The Morgan fingerprint density at radius 3 is 3.00 bits per heavy atom. The fraction of sp³-hybridized carbons (Fsp3) is 0.294. The predicted molar refractivity (Wildman–Crippen MR) is 95.1 cm³/mol. The molecule has 128 valence electrons. The van der Waals surface area contributed by atoms with Crippen LogP contribution in [-0.2, 0) is 11.3 Å². The highest BCUT2D eigenvalue weighted by Crippen LogP contribution is 2.33. The van der Waals surface area contributed by atoms with E-state index in [0.29, 0.717) is 12.1 Å². The molecular weight excluding hydrogens is 386 g/mol. The second-order valence-corrected chi connectivity index (χ2v) is 6.97. The maximum atomic E-state index is 12.8. The lowest BCUT2D eigenvalue weighted by atomic mass is 10.0. The Balaban J connectivity index is 1.59. The van der Waals surface area contributed by atoms with Crippen molar-refractivity contribution < 1.29 is 4.79 Å². The van der Waals surface area contributed by atoms with Crippen LogP contribution in [0.2, 0.25) is 0 Å². The molecule has 0 saturated carbocycles. The molecule has 1 fully saturated rings. The number of amides is 1. The number of nitrogens with zero attached hydrogens (tertiary/aromatic N) is 5. The lowest BCUT2D eigenvalue weighted by molar-refractivity contribution is -0.133. The van der Waals surface area contributed by atoms with Crippen LogP contribution in [0, 0.1) is 0 Å². The first-order valence-electron chi connectivity index (χ1n) is 8.08. The van der Waals surface area contributed by atoms with Crippen molar-refractivity contribution >= 4 is 27.4 Å². The van der Waals surface area contributed by atoms with E-state index >= 15 is 0 Å².